The van der Waals surface area contributed by atoms with Gasteiger partial charge in [-0.25, -0.2) is 4.79 Å². The number of alkyl carbamates (subject to hydrolysis) is 1. The van der Waals surface area contributed by atoms with Crippen molar-refractivity contribution in [3.63, 3.8) is 0 Å². The van der Waals surface area contributed by atoms with Crippen molar-refractivity contribution in [2.75, 3.05) is 13.7 Å². The molecule has 1 atom stereocenters. The van der Waals surface area contributed by atoms with E-state index in [1.54, 1.807) is 7.11 Å². The van der Waals surface area contributed by atoms with Crippen molar-refractivity contribution >= 4 is 12.0 Å². The van der Waals surface area contributed by atoms with Crippen LogP contribution in [0.4, 0.5) is 4.79 Å². The van der Waals surface area contributed by atoms with Gasteiger partial charge in [0.15, 0.2) is 0 Å². The zero-order chi connectivity index (χ0) is 19.1. The summed E-state index contributed by atoms with van der Waals surface area (Å²) in [6.07, 6.45) is 1.57. The predicted octanol–water partition coefficient (Wildman–Crippen LogP) is 2.59. The number of pyridine rings is 1. The Morgan fingerprint density at radius 3 is 2.69 bits per heavy atom. The Hall–Kier alpha value is -2.15. The van der Waals surface area contributed by atoms with Gasteiger partial charge in [-0.3, -0.25) is 9.78 Å². The molecule has 2 N–H and O–H groups in total. The van der Waals surface area contributed by atoms with Crippen LogP contribution in [0.2, 0.25) is 0 Å². The first kappa shape index (κ1) is 18.6. The number of aromatic nitrogens is 1. The number of hydrogen-bond acceptors (Lipinski definition) is 5. The minimum atomic E-state index is -0.599. The van der Waals surface area contributed by atoms with Gasteiger partial charge in [0, 0.05) is 35.9 Å². The van der Waals surface area contributed by atoms with E-state index in [-0.39, 0.29) is 17.9 Å². The summed E-state index contributed by atoms with van der Waals surface area (Å²) in [7, 11) is 1.57. The van der Waals surface area contributed by atoms with Crippen LogP contribution in [-0.2, 0) is 21.4 Å². The fourth-order valence-electron chi connectivity index (χ4n) is 3.09. The summed E-state index contributed by atoms with van der Waals surface area (Å²) in [6.45, 7) is 8.22. The number of hydrogen-bond donors (Lipinski definition) is 2. The van der Waals surface area contributed by atoms with Crippen molar-refractivity contribution in [3.05, 3.63) is 28.6 Å². The highest BCUT2D eigenvalue weighted by molar-refractivity contribution is 5.98. The predicted molar refractivity (Wildman–Crippen MR) is 96.0 cm³/mol. The van der Waals surface area contributed by atoms with Crippen LogP contribution in [0.3, 0.4) is 0 Å². The Labute approximate surface area is 153 Å². The Balaban J connectivity index is 1.96. The lowest BCUT2D eigenvalue weighted by Gasteiger charge is -2.25. The molecule has 0 aromatic carbocycles. The number of fused-ring (bicyclic) bond motifs is 1. The summed E-state index contributed by atoms with van der Waals surface area (Å²) in [5.74, 6) is -0.0948. The van der Waals surface area contributed by atoms with Gasteiger partial charge in [-0.1, -0.05) is 6.92 Å². The van der Waals surface area contributed by atoms with Gasteiger partial charge in [0.25, 0.3) is 5.91 Å². The Kier molecular flexibility index (Phi) is 4.69. The molecule has 0 saturated heterocycles. The van der Waals surface area contributed by atoms with Crippen molar-refractivity contribution in [1.82, 2.24) is 15.6 Å². The van der Waals surface area contributed by atoms with Crippen molar-refractivity contribution in [2.45, 2.75) is 64.1 Å². The lowest BCUT2D eigenvalue weighted by atomic mass is 9.97. The van der Waals surface area contributed by atoms with E-state index in [2.05, 4.69) is 17.6 Å². The molecule has 0 radical (unpaired) electrons. The summed E-state index contributed by atoms with van der Waals surface area (Å²) in [6, 6.07) is 1.41. The maximum atomic E-state index is 12.3. The highest BCUT2D eigenvalue weighted by Crippen LogP contribution is 2.47. The topological polar surface area (TPSA) is 89.6 Å². The minimum Gasteiger partial charge on any atom is -0.444 e. The third-order valence-corrected chi connectivity index (χ3v) is 4.80. The van der Waals surface area contributed by atoms with Gasteiger partial charge in [0.2, 0.25) is 0 Å². The van der Waals surface area contributed by atoms with Gasteiger partial charge in [0.05, 0.1) is 18.3 Å². The Morgan fingerprint density at radius 2 is 2.12 bits per heavy atom. The van der Waals surface area contributed by atoms with Crippen molar-refractivity contribution < 1.29 is 19.1 Å². The zero-order valence-corrected chi connectivity index (χ0v) is 16.1. The van der Waals surface area contributed by atoms with Crippen molar-refractivity contribution in [2.24, 2.45) is 0 Å². The first-order valence-electron chi connectivity index (χ1n) is 8.94. The van der Waals surface area contributed by atoms with E-state index >= 15 is 0 Å². The lowest BCUT2D eigenvalue weighted by molar-refractivity contribution is 0.0465. The molecule has 2 amide bonds. The summed E-state index contributed by atoms with van der Waals surface area (Å²) in [5.41, 5.74) is 2.45. The molecule has 0 spiro atoms. The maximum absolute atomic E-state index is 12.3. The molecule has 7 heteroatoms. The molecule has 2 aliphatic rings. The number of carbonyl (C=O) groups is 2. The molecule has 1 fully saturated rings. The molecule has 7 nitrogen and oxygen atoms in total. The zero-order valence-electron chi connectivity index (χ0n) is 16.1. The largest absolute Gasteiger partial charge is 0.444 e. The summed E-state index contributed by atoms with van der Waals surface area (Å²) in [4.78, 5) is 29.3. The SMILES string of the molecule is COCC(NC(=O)OC(C)(C)C)c1nc(C2(C)CC2)cc2c1CNC2=O. The van der Waals surface area contributed by atoms with E-state index in [1.165, 1.54) is 0 Å². The molecule has 1 aliphatic heterocycles. The molecule has 1 aromatic rings. The van der Waals surface area contributed by atoms with Crippen molar-refractivity contribution in [3.8, 4) is 0 Å². The second-order valence-corrected chi connectivity index (χ2v) is 8.32. The van der Waals surface area contributed by atoms with Crippen LogP contribution in [0.25, 0.3) is 0 Å². The fraction of sp³-hybridized carbons (Fsp3) is 0.632. The quantitative estimate of drug-likeness (QED) is 0.841. The molecule has 1 unspecified atom stereocenters. The molecule has 1 saturated carbocycles. The van der Waals surface area contributed by atoms with E-state index in [0.29, 0.717) is 17.8 Å². The van der Waals surface area contributed by atoms with Crippen molar-refractivity contribution in [1.29, 1.82) is 0 Å². The second kappa shape index (κ2) is 6.54. The normalized spacial score (nSPS) is 18.7. The molecule has 142 valence electrons. The van der Waals surface area contributed by atoms with Crippen LogP contribution in [0.1, 0.15) is 73.9 Å². The number of methoxy groups -OCH3 is 1. The number of nitrogens with zero attached hydrogens (tertiary/aromatic N) is 1. The highest BCUT2D eigenvalue weighted by Gasteiger charge is 2.42. The first-order chi connectivity index (χ1) is 12.1. The second-order valence-electron chi connectivity index (χ2n) is 8.32. The monoisotopic (exact) mass is 361 g/mol. The smallest absolute Gasteiger partial charge is 0.408 e. The van der Waals surface area contributed by atoms with Gasteiger partial charge in [-0.05, 0) is 39.7 Å². The number of nitrogens with one attached hydrogen (secondary N) is 2. The van der Waals surface area contributed by atoms with Crippen LogP contribution in [-0.4, -0.2) is 36.3 Å². The van der Waals surface area contributed by atoms with E-state index in [0.717, 1.165) is 24.1 Å². The summed E-state index contributed by atoms with van der Waals surface area (Å²) < 4.78 is 10.7. The van der Waals surface area contributed by atoms with E-state index in [4.69, 9.17) is 14.5 Å². The average molecular weight is 361 g/mol. The number of ether oxygens (including phenoxy) is 2. The molecule has 2 heterocycles. The molecular weight excluding hydrogens is 334 g/mol. The summed E-state index contributed by atoms with van der Waals surface area (Å²) in [5, 5.41) is 5.70. The Morgan fingerprint density at radius 1 is 1.42 bits per heavy atom. The van der Waals surface area contributed by atoms with Gasteiger partial charge in [0.1, 0.15) is 5.60 Å². The van der Waals surface area contributed by atoms with Crippen LogP contribution >= 0.6 is 0 Å². The van der Waals surface area contributed by atoms with E-state index in [9.17, 15) is 9.59 Å². The molecule has 26 heavy (non-hydrogen) atoms. The van der Waals surface area contributed by atoms with Gasteiger partial charge < -0.3 is 20.1 Å². The minimum absolute atomic E-state index is 0.0101. The standard InChI is InChI=1S/C19H27N3O4/c1-18(2,3)26-17(24)21-13(10-25-5)15-12-9-20-16(23)11(12)8-14(22-15)19(4)6-7-19/h8,13H,6-7,9-10H2,1-5H3,(H,20,23)(H,21,24). The number of amides is 2. The summed E-state index contributed by atoms with van der Waals surface area (Å²) >= 11 is 0. The third kappa shape index (κ3) is 3.82. The molecule has 1 aliphatic carbocycles. The lowest BCUT2D eigenvalue weighted by Crippen LogP contribution is -2.37. The average Bonchev–Trinajstić information content (AvgIpc) is 3.18. The molecular formula is C19H27N3O4. The van der Waals surface area contributed by atoms with Gasteiger partial charge >= 0.3 is 6.09 Å². The molecule has 0 bridgehead atoms. The number of carbonyl (C=O) groups excluding carboxylic acids is 2. The van der Waals surface area contributed by atoms with Crippen LogP contribution in [0.5, 0.6) is 0 Å². The molecule has 3 rings (SSSR count). The maximum Gasteiger partial charge on any atom is 0.408 e. The number of rotatable bonds is 5. The van der Waals surface area contributed by atoms with Crippen LogP contribution < -0.4 is 10.6 Å². The first-order valence-corrected chi connectivity index (χ1v) is 8.94. The van der Waals surface area contributed by atoms with E-state index in [1.807, 2.05) is 26.8 Å². The Bertz CT molecular complexity index is 735. The van der Waals surface area contributed by atoms with Crippen LogP contribution in [0, 0.1) is 0 Å². The van der Waals surface area contributed by atoms with Crippen LogP contribution in [0.15, 0.2) is 6.07 Å². The van der Waals surface area contributed by atoms with Gasteiger partial charge in [-0.15, -0.1) is 0 Å². The fourth-order valence-corrected chi connectivity index (χ4v) is 3.09. The van der Waals surface area contributed by atoms with Gasteiger partial charge in [-0.2, -0.15) is 0 Å². The highest BCUT2D eigenvalue weighted by atomic mass is 16.6. The third-order valence-electron chi connectivity index (χ3n) is 4.80. The van der Waals surface area contributed by atoms with E-state index < -0.39 is 17.7 Å². The molecule has 1 aromatic heterocycles.